The SMILES string of the molecule is CN(Cc1ccc(F)cc1F)C(=O)COc1ccccc1F. The number of nitrogens with zero attached hydrogens (tertiary/aromatic N) is 1. The smallest absolute Gasteiger partial charge is 0.260 e. The van der Waals surface area contributed by atoms with Crippen molar-refractivity contribution in [2.45, 2.75) is 6.54 Å². The zero-order valence-electron chi connectivity index (χ0n) is 11.9. The monoisotopic (exact) mass is 309 g/mol. The summed E-state index contributed by atoms with van der Waals surface area (Å²) in [6.07, 6.45) is 0. The maximum Gasteiger partial charge on any atom is 0.260 e. The highest BCUT2D eigenvalue weighted by atomic mass is 19.1. The Morgan fingerprint density at radius 1 is 1.09 bits per heavy atom. The Bertz CT molecular complexity index is 676. The Labute approximate surface area is 125 Å². The number of hydrogen-bond acceptors (Lipinski definition) is 2. The van der Waals surface area contributed by atoms with Crippen LogP contribution in [-0.4, -0.2) is 24.5 Å². The number of ether oxygens (including phenoxy) is 1. The second-order valence-electron chi connectivity index (χ2n) is 4.70. The lowest BCUT2D eigenvalue weighted by atomic mass is 10.2. The summed E-state index contributed by atoms with van der Waals surface area (Å²) in [6, 6.07) is 8.86. The first-order valence-electron chi connectivity index (χ1n) is 6.52. The Morgan fingerprint density at radius 3 is 2.50 bits per heavy atom. The third kappa shape index (κ3) is 4.00. The van der Waals surface area contributed by atoms with Crippen molar-refractivity contribution in [3.8, 4) is 5.75 Å². The van der Waals surface area contributed by atoms with E-state index in [1.165, 1.54) is 36.2 Å². The van der Waals surface area contributed by atoms with Crippen LogP contribution >= 0.6 is 0 Å². The molecule has 0 bridgehead atoms. The van der Waals surface area contributed by atoms with Crippen LogP contribution < -0.4 is 4.74 Å². The molecule has 0 aliphatic carbocycles. The van der Waals surface area contributed by atoms with Gasteiger partial charge in [-0.15, -0.1) is 0 Å². The number of rotatable bonds is 5. The molecule has 0 atom stereocenters. The maximum absolute atomic E-state index is 13.5. The average Bonchev–Trinajstić information content (AvgIpc) is 2.49. The average molecular weight is 309 g/mol. The summed E-state index contributed by atoms with van der Waals surface area (Å²) in [5.41, 5.74) is 0.183. The van der Waals surface area contributed by atoms with Crippen LogP contribution in [0.1, 0.15) is 5.56 Å². The molecule has 0 saturated heterocycles. The molecular formula is C16H14F3NO2. The third-order valence-electron chi connectivity index (χ3n) is 3.04. The van der Waals surface area contributed by atoms with E-state index in [0.29, 0.717) is 0 Å². The van der Waals surface area contributed by atoms with E-state index in [-0.39, 0.29) is 24.5 Å². The van der Waals surface area contributed by atoms with E-state index in [4.69, 9.17) is 4.74 Å². The van der Waals surface area contributed by atoms with Crippen molar-refractivity contribution >= 4 is 5.91 Å². The van der Waals surface area contributed by atoms with Crippen LogP contribution in [0.4, 0.5) is 13.2 Å². The number of carbonyl (C=O) groups is 1. The summed E-state index contributed by atoms with van der Waals surface area (Å²) in [7, 11) is 1.45. The first-order chi connectivity index (χ1) is 10.5. The van der Waals surface area contributed by atoms with Gasteiger partial charge in [-0.05, 0) is 18.2 Å². The molecular weight excluding hydrogens is 295 g/mol. The quantitative estimate of drug-likeness (QED) is 0.849. The number of benzene rings is 2. The van der Waals surface area contributed by atoms with E-state index >= 15 is 0 Å². The number of para-hydroxylation sites is 1. The Hall–Kier alpha value is -2.50. The lowest BCUT2D eigenvalue weighted by Crippen LogP contribution is -2.31. The molecule has 0 saturated carbocycles. The minimum atomic E-state index is -0.727. The Balaban J connectivity index is 1.93. The van der Waals surface area contributed by atoms with Crippen LogP contribution in [0.3, 0.4) is 0 Å². The molecule has 0 fully saturated rings. The van der Waals surface area contributed by atoms with Gasteiger partial charge in [0.25, 0.3) is 5.91 Å². The van der Waals surface area contributed by atoms with Gasteiger partial charge in [-0.1, -0.05) is 18.2 Å². The number of likely N-dealkylation sites (N-methyl/N-ethyl adjacent to an activating group) is 1. The van der Waals surface area contributed by atoms with Crippen molar-refractivity contribution < 1.29 is 22.7 Å². The molecule has 1 amide bonds. The first-order valence-corrected chi connectivity index (χ1v) is 6.52. The van der Waals surface area contributed by atoms with Gasteiger partial charge in [0.2, 0.25) is 0 Å². The van der Waals surface area contributed by atoms with Gasteiger partial charge in [-0.25, -0.2) is 13.2 Å². The van der Waals surface area contributed by atoms with Crippen LogP contribution in [-0.2, 0) is 11.3 Å². The van der Waals surface area contributed by atoms with Gasteiger partial charge in [0, 0.05) is 25.2 Å². The fourth-order valence-electron chi connectivity index (χ4n) is 1.81. The fraction of sp³-hybridized carbons (Fsp3) is 0.188. The Kier molecular flexibility index (Phi) is 5.04. The minimum Gasteiger partial charge on any atom is -0.481 e. The second kappa shape index (κ2) is 6.98. The van der Waals surface area contributed by atoms with Gasteiger partial charge in [0.1, 0.15) is 11.6 Å². The minimum absolute atomic E-state index is 0.0304. The summed E-state index contributed by atoms with van der Waals surface area (Å²) in [5, 5.41) is 0. The van der Waals surface area contributed by atoms with Crippen molar-refractivity contribution in [1.82, 2.24) is 4.90 Å². The molecule has 0 aromatic heterocycles. The zero-order valence-corrected chi connectivity index (χ0v) is 11.9. The predicted octanol–water partition coefficient (Wildman–Crippen LogP) is 3.14. The third-order valence-corrected chi connectivity index (χ3v) is 3.04. The van der Waals surface area contributed by atoms with Crippen molar-refractivity contribution in [2.75, 3.05) is 13.7 Å². The van der Waals surface area contributed by atoms with Gasteiger partial charge < -0.3 is 9.64 Å². The maximum atomic E-state index is 13.5. The topological polar surface area (TPSA) is 29.5 Å². The van der Waals surface area contributed by atoms with Crippen LogP contribution in [0.15, 0.2) is 42.5 Å². The van der Waals surface area contributed by atoms with Crippen molar-refractivity contribution in [1.29, 1.82) is 0 Å². The molecule has 6 heteroatoms. The number of hydrogen-bond donors (Lipinski definition) is 0. The number of carbonyl (C=O) groups excluding carboxylic acids is 1. The molecule has 22 heavy (non-hydrogen) atoms. The standard InChI is InChI=1S/C16H14F3NO2/c1-20(9-11-6-7-12(17)8-14(11)19)16(21)10-22-15-5-3-2-4-13(15)18/h2-8H,9-10H2,1H3. The molecule has 2 rings (SSSR count). The van der Waals surface area contributed by atoms with Crippen molar-refractivity contribution in [3.63, 3.8) is 0 Å². The van der Waals surface area contributed by atoms with Gasteiger partial charge in [-0.3, -0.25) is 4.79 Å². The van der Waals surface area contributed by atoms with E-state index in [1.54, 1.807) is 6.07 Å². The van der Waals surface area contributed by atoms with Gasteiger partial charge in [-0.2, -0.15) is 0 Å². The Morgan fingerprint density at radius 2 is 1.82 bits per heavy atom. The van der Waals surface area contributed by atoms with Gasteiger partial charge in [0.15, 0.2) is 18.2 Å². The molecule has 0 aliphatic heterocycles. The largest absolute Gasteiger partial charge is 0.481 e. The zero-order chi connectivity index (χ0) is 16.1. The lowest BCUT2D eigenvalue weighted by molar-refractivity contribution is -0.132. The molecule has 2 aromatic rings. The van der Waals surface area contributed by atoms with Crippen LogP contribution in [0.2, 0.25) is 0 Å². The first kappa shape index (κ1) is 15.9. The highest BCUT2D eigenvalue weighted by Crippen LogP contribution is 2.16. The molecule has 0 unspecified atom stereocenters. The van der Waals surface area contributed by atoms with Gasteiger partial charge in [0.05, 0.1) is 0 Å². The molecule has 0 radical (unpaired) electrons. The fourth-order valence-corrected chi connectivity index (χ4v) is 1.81. The van der Waals surface area contributed by atoms with Crippen molar-refractivity contribution in [3.05, 3.63) is 65.5 Å². The molecule has 0 aliphatic rings. The van der Waals surface area contributed by atoms with Crippen LogP contribution in [0.5, 0.6) is 5.75 Å². The van der Waals surface area contributed by atoms with E-state index in [2.05, 4.69) is 0 Å². The summed E-state index contributed by atoms with van der Waals surface area (Å²) in [6.45, 7) is -0.411. The summed E-state index contributed by atoms with van der Waals surface area (Å²) >= 11 is 0. The van der Waals surface area contributed by atoms with E-state index in [0.717, 1.165) is 12.1 Å². The van der Waals surface area contributed by atoms with Crippen LogP contribution in [0, 0.1) is 17.5 Å². The number of halogens is 3. The molecule has 0 heterocycles. The summed E-state index contributed by atoms with van der Waals surface area (Å²) < 4.78 is 44.8. The molecule has 0 spiro atoms. The molecule has 0 N–H and O–H groups in total. The van der Waals surface area contributed by atoms with Crippen LogP contribution in [0.25, 0.3) is 0 Å². The second-order valence-corrected chi connectivity index (χ2v) is 4.70. The summed E-state index contributed by atoms with van der Waals surface area (Å²) in [4.78, 5) is 13.1. The summed E-state index contributed by atoms with van der Waals surface area (Å²) in [5.74, 6) is -2.46. The number of amides is 1. The molecule has 3 nitrogen and oxygen atoms in total. The highest BCUT2D eigenvalue weighted by Gasteiger charge is 2.14. The van der Waals surface area contributed by atoms with E-state index < -0.39 is 23.4 Å². The predicted molar refractivity (Wildman–Crippen MR) is 74.7 cm³/mol. The molecule has 116 valence electrons. The van der Waals surface area contributed by atoms with Crippen molar-refractivity contribution in [2.24, 2.45) is 0 Å². The highest BCUT2D eigenvalue weighted by molar-refractivity contribution is 5.77. The molecule has 2 aromatic carbocycles. The van der Waals surface area contributed by atoms with E-state index in [1.807, 2.05) is 0 Å². The van der Waals surface area contributed by atoms with E-state index in [9.17, 15) is 18.0 Å². The lowest BCUT2D eigenvalue weighted by Gasteiger charge is -2.18. The van der Waals surface area contributed by atoms with Gasteiger partial charge >= 0.3 is 0 Å². The normalized spacial score (nSPS) is 10.4.